The average Bonchev–Trinajstić information content (AvgIpc) is 2.50. The van der Waals surface area contributed by atoms with Crippen molar-refractivity contribution in [3.63, 3.8) is 0 Å². The van der Waals surface area contributed by atoms with Crippen molar-refractivity contribution in [3.05, 3.63) is 17.0 Å². The Hall–Kier alpha value is -0.830. The van der Waals surface area contributed by atoms with Crippen LogP contribution < -0.4 is 5.32 Å². The van der Waals surface area contributed by atoms with Gasteiger partial charge in [0.15, 0.2) is 0 Å². The third kappa shape index (κ3) is 3.06. The fraction of sp³-hybridized carbons (Fsp3) is 0.750. The minimum Gasteiger partial charge on any atom is -0.316 e. The van der Waals surface area contributed by atoms with E-state index in [0.717, 1.165) is 26.1 Å². The molecule has 0 saturated heterocycles. The number of rotatable bonds is 6. The summed E-state index contributed by atoms with van der Waals surface area (Å²) in [5, 5.41) is 7.94. The van der Waals surface area contributed by atoms with Crippen LogP contribution >= 0.6 is 0 Å². The average molecular weight is 209 g/mol. The topological polar surface area (TPSA) is 29.9 Å². The number of hydrogen-bond donors (Lipinski definition) is 1. The summed E-state index contributed by atoms with van der Waals surface area (Å²) in [6, 6.07) is 0. The Kier molecular flexibility index (Phi) is 4.82. The minimum atomic E-state index is 0.967. The molecule has 0 aromatic carbocycles. The van der Waals surface area contributed by atoms with E-state index in [9.17, 15) is 0 Å². The van der Waals surface area contributed by atoms with Crippen LogP contribution in [0.2, 0.25) is 0 Å². The fourth-order valence-electron chi connectivity index (χ4n) is 1.92. The molecule has 0 aliphatic carbocycles. The third-order valence-corrected chi connectivity index (χ3v) is 2.81. The summed E-state index contributed by atoms with van der Waals surface area (Å²) in [6.45, 7) is 11.7. The molecule has 0 aliphatic rings. The highest BCUT2D eigenvalue weighted by atomic mass is 15.3. The zero-order chi connectivity index (χ0) is 11.3. The molecule has 1 N–H and O–H groups in total. The van der Waals surface area contributed by atoms with E-state index in [2.05, 4.69) is 42.8 Å². The monoisotopic (exact) mass is 209 g/mol. The molecule has 0 radical (unpaired) electrons. The first-order chi connectivity index (χ1) is 7.20. The van der Waals surface area contributed by atoms with Crippen molar-refractivity contribution < 1.29 is 0 Å². The summed E-state index contributed by atoms with van der Waals surface area (Å²) in [5.41, 5.74) is 3.93. The smallest absolute Gasteiger partial charge is 0.0628 e. The molecule has 0 saturated carbocycles. The van der Waals surface area contributed by atoms with E-state index >= 15 is 0 Å². The van der Waals surface area contributed by atoms with Gasteiger partial charge in [0.1, 0.15) is 0 Å². The minimum absolute atomic E-state index is 0.967. The number of nitrogens with one attached hydrogen (secondary N) is 1. The van der Waals surface area contributed by atoms with Crippen LogP contribution in [0.3, 0.4) is 0 Å². The summed E-state index contributed by atoms with van der Waals surface area (Å²) < 4.78 is 2.09. The molecule has 15 heavy (non-hydrogen) atoms. The normalized spacial score (nSPS) is 10.9. The zero-order valence-corrected chi connectivity index (χ0v) is 10.4. The molecular weight excluding hydrogens is 186 g/mol. The molecule has 1 aromatic heterocycles. The Morgan fingerprint density at radius 3 is 2.47 bits per heavy atom. The molecule has 1 aromatic rings. The van der Waals surface area contributed by atoms with Crippen molar-refractivity contribution in [2.75, 3.05) is 13.1 Å². The molecule has 0 atom stereocenters. The van der Waals surface area contributed by atoms with Crippen LogP contribution in [-0.2, 0) is 13.0 Å². The maximum Gasteiger partial charge on any atom is 0.0628 e. The van der Waals surface area contributed by atoms with Gasteiger partial charge in [0.2, 0.25) is 0 Å². The van der Waals surface area contributed by atoms with Crippen LogP contribution in [0.15, 0.2) is 0 Å². The number of nitrogens with zero attached hydrogens (tertiary/aromatic N) is 2. The van der Waals surface area contributed by atoms with Crippen LogP contribution in [0.25, 0.3) is 0 Å². The van der Waals surface area contributed by atoms with Gasteiger partial charge < -0.3 is 5.32 Å². The van der Waals surface area contributed by atoms with Crippen LogP contribution in [0.5, 0.6) is 0 Å². The number of aryl methyl sites for hydroxylation is 2. The molecule has 0 bridgehead atoms. The van der Waals surface area contributed by atoms with Crippen molar-refractivity contribution >= 4 is 0 Å². The van der Waals surface area contributed by atoms with E-state index < -0.39 is 0 Å². The second-order valence-electron chi connectivity index (χ2n) is 3.97. The maximum atomic E-state index is 4.52. The van der Waals surface area contributed by atoms with Gasteiger partial charge in [-0.05, 0) is 52.3 Å². The van der Waals surface area contributed by atoms with E-state index in [1.807, 2.05) is 0 Å². The van der Waals surface area contributed by atoms with E-state index in [1.165, 1.54) is 23.4 Å². The highest BCUT2D eigenvalue weighted by Gasteiger charge is 2.09. The summed E-state index contributed by atoms with van der Waals surface area (Å²) in [5.74, 6) is 0. The molecule has 0 fully saturated rings. The van der Waals surface area contributed by atoms with Gasteiger partial charge in [-0.15, -0.1) is 0 Å². The van der Waals surface area contributed by atoms with Crippen molar-refractivity contribution in [1.29, 1.82) is 0 Å². The first-order valence-electron chi connectivity index (χ1n) is 5.94. The van der Waals surface area contributed by atoms with Crippen molar-refractivity contribution in [3.8, 4) is 0 Å². The quantitative estimate of drug-likeness (QED) is 0.727. The number of hydrogen-bond acceptors (Lipinski definition) is 2. The first kappa shape index (κ1) is 12.2. The van der Waals surface area contributed by atoms with Gasteiger partial charge in [-0.3, -0.25) is 4.68 Å². The van der Waals surface area contributed by atoms with Gasteiger partial charge in [-0.25, -0.2) is 0 Å². The molecule has 86 valence electrons. The van der Waals surface area contributed by atoms with Gasteiger partial charge in [-0.2, -0.15) is 5.10 Å². The molecule has 0 aliphatic heterocycles. The lowest BCUT2D eigenvalue weighted by atomic mass is 10.1. The van der Waals surface area contributed by atoms with Crippen LogP contribution in [0.4, 0.5) is 0 Å². The van der Waals surface area contributed by atoms with Gasteiger partial charge >= 0.3 is 0 Å². The lowest BCUT2D eigenvalue weighted by molar-refractivity contribution is 0.631. The lowest BCUT2D eigenvalue weighted by Crippen LogP contribution is -2.18. The van der Waals surface area contributed by atoms with Gasteiger partial charge in [0, 0.05) is 12.2 Å². The molecule has 1 rings (SSSR count). The highest BCUT2D eigenvalue weighted by molar-refractivity contribution is 5.24. The Bertz CT molecular complexity index is 302. The van der Waals surface area contributed by atoms with Crippen LogP contribution in [-0.4, -0.2) is 22.9 Å². The molecule has 0 amide bonds. The fourth-order valence-corrected chi connectivity index (χ4v) is 1.92. The summed E-state index contributed by atoms with van der Waals surface area (Å²) >= 11 is 0. The SMILES string of the molecule is CCCNCCc1c(C)nn(CC)c1C. The Morgan fingerprint density at radius 1 is 1.20 bits per heavy atom. The van der Waals surface area contributed by atoms with Crippen molar-refractivity contribution in [2.24, 2.45) is 0 Å². The summed E-state index contributed by atoms with van der Waals surface area (Å²) in [6.07, 6.45) is 2.30. The number of aromatic nitrogens is 2. The molecular formula is C12H23N3. The van der Waals surface area contributed by atoms with Gasteiger partial charge in [0.25, 0.3) is 0 Å². The highest BCUT2D eigenvalue weighted by Crippen LogP contribution is 2.12. The largest absolute Gasteiger partial charge is 0.316 e. The molecule has 0 spiro atoms. The third-order valence-electron chi connectivity index (χ3n) is 2.81. The molecule has 3 nitrogen and oxygen atoms in total. The van der Waals surface area contributed by atoms with Crippen molar-refractivity contribution in [2.45, 2.75) is 47.1 Å². The standard InChI is InChI=1S/C12H23N3/c1-5-8-13-9-7-12-10(3)14-15(6-2)11(12)4/h13H,5-9H2,1-4H3. The van der Waals surface area contributed by atoms with Gasteiger partial charge in [-0.1, -0.05) is 6.92 Å². The summed E-state index contributed by atoms with van der Waals surface area (Å²) in [4.78, 5) is 0. The van der Waals surface area contributed by atoms with Crippen LogP contribution in [0.1, 0.15) is 37.2 Å². The van der Waals surface area contributed by atoms with E-state index in [4.69, 9.17) is 0 Å². The van der Waals surface area contributed by atoms with E-state index in [1.54, 1.807) is 0 Å². The second-order valence-corrected chi connectivity index (χ2v) is 3.97. The van der Waals surface area contributed by atoms with Crippen molar-refractivity contribution in [1.82, 2.24) is 15.1 Å². The molecule has 1 heterocycles. The predicted octanol–water partition coefficient (Wildman–Crippen LogP) is 2.06. The summed E-state index contributed by atoms with van der Waals surface area (Å²) in [7, 11) is 0. The second kappa shape index (κ2) is 5.91. The molecule has 3 heteroatoms. The Morgan fingerprint density at radius 2 is 1.93 bits per heavy atom. The first-order valence-corrected chi connectivity index (χ1v) is 5.94. The maximum absolute atomic E-state index is 4.52. The molecule has 0 unspecified atom stereocenters. The van der Waals surface area contributed by atoms with E-state index in [0.29, 0.717) is 0 Å². The van der Waals surface area contributed by atoms with E-state index in [-0.39, 0.29) is 0 Å². The van der Waals surface area contributed by atoms with Crippen LogP contribution in [0, 0.1) is 13.8 Å². The lowest BCUT2D eigenvalue weighted by Gasteiger charge is -2.04. The van der Waals surface area contributed by atoms with Gasteiger partial charge in [0.05, 0.1) is 5.69 Å². The predicted molar refractivity (Wildman–Crippen MR) is 64.2 cm³/mol. The Labute approximate surface area is 92.9 Å². The Balaban J connectivity index is 2.56. The zero-order valence-electron chi connectivity index (χ0n) is 10.4.